The third kappa shape index (κ3) is 1.02. The lowest BCUT2D eigenvalue weighted by molar-refractivity contribution is -0.392. The minimum absolute atomic E-state index is 0.168. The van der Waals surface area contributed by atoms with Gasteiger partial charge < -0.3 is 10.1 Å². The third-order valence-corrected chi connectivity index (χ3v) is 1.11. The molecule has 1 heterocycles. The monoisotopic (exact) mass is 145 g/mol. The van der Waals surface area contributed by atoms with Crippen LogP contribution >= 0.6 is 12.6 Å². The van der Waals surface area contributed by atoms with Crippen molar-refractivity contribution in [2.75, 3.05) is 0 Å². The summed E-state index contributed by atoms with van der Waals surface area (Å²) in [6, 6.07) is 0. The second-order valence-corrected chi connectivity index (χ2v) is 1.84. The first-order valence-electron chi connectivity index (χ1n) is 2.08. The van der Waals surface area contributed by atoms with E-state index in [9.17, 15) is 10.1 Å². The number of rotatable bonds is 1. The Morgan fingerprint density at radius 1 is 1.89 bits per heavy atom. The fraction of sp³-hybridized carbons (Fsp3) is 0. The molecular formula is C3H3N3O2S. The number of nitrogens with one attached hydrogen (secondary N) is 1. The van der Waals surface area contributed by atoms with Crippen LogP contribution in [0.1, 0.15) is 0 Å². The zero-order valence-corrected chi connectivity index (χ0v) is 5.13. The summed E-state index contributed by atoms with van der Waals surface area (Å²) in [7, 11) is 0. The average Bonchev–Trinajstić information content (AvgIpc) is 2.13. The minimum Gasteiger partial charge on any atom is -0.358 e. The smallest absolute Gasteiger partial charge is 0.356 e. The predicted molar refractivity (Wildman–Crippen MR) is 32.5 cm³/mol. The molecule has 0 saturated carbocycles. The van der Waals surface area contributed by atoms with Crippen molar-refractivity contribution in [3.8, 4) is 0 Å². The Balaban J connectivity index is 3.08. The van der Waals surface area contributed by atoms with E-state index < -0.39 is 4.92 Å². The van der Waals surface area contributed by atoms with E-state index >= 15 is 0 Å². The van der Waals surface area contributed by atoms with E-state index in [2.05, 4.69) is 22.8 Å². The van der Waals surface area contributed by atoms with Crippen LogP contribution in [0.4, 0.5) is 5.82 Å². The quantitative estimate of drug-likeness (QED) is 0.345. The molecule has 0 saturated heterocycles. The molecule has 0 unspecified atom stereocenters. The maximum atomic E-state index is 9.97. The van der Waals surface area contributed by atoms with Gasteiger partial charge in [0.1, 0.15) is 4.90 Å². The number of thiol groups is 1. The average molecular weight is 145 g/mol. The van der Waals surface area contributed by atoms with Gasteiger partial charge in [-0.2, -0.15) is 0 Å². The first kappa shape index (κ1) is 6.09. The van der Waals surface area contributed by atoms with Crippen LogP contribution in [0.3, 0.4) is 0 Å². The number of aromatic amines is 1. The lowest BCUT2D eigenvalue weighted by Crippen LogP contribution is -1.87. The van der Waals surface area contributed by atoms with E-state index in [1.54, 1.807) is 0 Å². The first-order valence-corrected chi connectivity index (χ1v) is 2.53. The Labute approximate surface area is 55.6 Å². The van der Waals surface area contributed by atoms with E-state index in [1.165, 1.54) is 6.20 Å². The summed E-state index contributed by atoms with van der Waals surface area (Å²) in [5.74, 6) is -0.168. The molecule has 0 radical (unpaired) electrons. The molecule has 0 fully saturated rings. The van der Waals surface area contributed by atoms with Crippen LogP contribution in [-0.4, -0.2) is 15.1 Å². The third-order valence-electron chi connectivity index (χ3n) is 0.782. The van der Waals surface area contributed by atoms with Gasteiger partial charge >= 0.3 is 5.82 Å². The van der Waals surface area contributed by atoms with Gasteiger partial charge in [0, 0.05) is 0 Å². The molecule has 0 amide bonds. The van der Waals surface area contributed by atoms with Crippen LogP contribution in [0.2, 0.25) is 0 Å². The van der Waals surface area contributed by atoms with E-state index in [-0.39, 0.29) is 10.7 Å². The van der Waals surface area contributed by atoms with Gasteiger partial charge in [0.2, 0.25) is 0 Å². The molecule has 9 heavy (non-hydrogen) atoms. The van der Waals surface area contributed by atoms with Crippen molar-refractivity contribution in [2.24, 2.45) is 0 Å². The van der Waals surface area contributed by atoms with Crippen LogP contribution in [0.5, 0.6) is 0 Å². The number of hydrogen-bond donors (Lipinski definition) is 2. The van der Waals surface area contributed by atoms with E-state index in [0.29, 0.717) is 0 Å². The van der Waals surface area contributed by atoms with E-state index in [1.807, 2.05) is 0 Å². The molecule has 5 nitrogen and oxygen atoms in total. The normalized spacial score (nSPS) is 9.44. The highest BCUT2D eigenvalue weighted by Gasteiger charge is 2.09. The molecular weight excluding hydrogens is 142 g/mol. The Kier molecular flexibility index (Phi) is 1.39. The van der Waals surface area contributed by atoms with Crippen LogP contribution in [0, 0.1) is 10.1 Å². The summed E-state index contributed by atoms with van der Waals surface area (Å²) in [5.41, 5.74) is 0. The van der Waals surface area contributed by atoms with Crippen molar-refractivity contribution in [3.63, 3.8) is 0 Å². The molecule has 0 atom stereocenters. The molecule has 1 aromatic heterocycles. The molecule has 0 bridgehead atoms. The molecule has 1 rings (SSSR count). The van der Waals surface area contributed by atoms with Crippen molar-refractivity contribution >= 4 is 18.4 Å². The van der Waals surface area contributed by atoms with E-state index in [4.69, 9.17) is 0 Å². The summed E-state index contributed by atoms with van der Waals surface area (Å²) in [5, 5.41) is 15.5. The summed E-state index contributed by atoms with van der Waals surface area (Å²) in [4.78, 5) is 9.64. The van der Waals surface area contributed by atoms with Gasteiger partial charge in [-0.05, 0) is 4.92 Å². The second kappa shape index (κ2) is 2.06. The Hall–Kier alpha value is -1.04. The number of H-pyrrole nitrogens is 1. The van der Waals surface area contributed by atoms with Gasteiger partial charge in [0.25, 0.3) is 0 Å². The van der Waals surface area contributed by atoms with Crippen LogP contribution in [-0.2, 0) is 0 Å². The Morgan fingerprint density at radius 3 is 2.78 bits per heavy atom. The Bertz CT molecular complexity index is 233. The lowest BCUT2D eigenvalue weighted by Gasteiger charge is -1.86. The van der Waals surface area contributed by atoms with Crippen LogP contribution in [0.15, 0.2) is 11.1 Å². The number of aromatic nitrogens is 2. The standard InChI is InChI=1S/C3H3N3O2S/c7-6(8)3-2(9)1-4-5-3/h1,9H,(H,4,5). The number of nitro groups is 1. The minimum atomic E-state index is -0.574. The summed E-state index contributed by atoms with van der Waals surface area (Å²) in [6.07, 6.45) is 1.28. The largest absolute Gasteiger partial charge is 0.358 e. The zero-order chi connectivity index (χ0) is 6.85. The van der Waals surface area contributed by atoms with Crippen molar-refractivity contribution < 1.29 is 4.92 Å². The van der Waals surface area contributed by atoms with Crippen LogP contribution < -0.4 is 0 Å². The van der Waals surface area contributed by atoms with Gasteiger partial charge in [-0.15, -0.1) is 17.7 Å². The molecule has 0 spiro atoms. The van der Waals surface area contributed by atoms with Gasteiger partial charge in [-0.3, -0.25) is 0 Å². The topological polar surface area (TPSA) is 71.8 Å². The highest BCUT2D eigenvalue weighted by Crippen LogP contribution is 2.16. The molecule has 0 aliphatic carbocycles. The molecule has 6 heteroatoms. The van der Waals surface area contributed by atoms with Crippen molar-refractivity contribution in [1.29, 1.82) is 0 Å². The van der Waals surface area contributed by atoms with Crippen molar-refractivity contribution in [2.45, 2.75) is 4.90 Å². The fourth-order valence-electron chi connectivity index (χ4n) is 0.407. The molecule has 0 aliphatic heterocycles. The maximum Gasteiger partial charge on any atom is 0.356 e. The van der Waals surface area contributed by atoms with Crippen molar-refractivity contribution in [3.05, 3.63) is 16.3 Å². The second-order valence-electron chi connectivity index (χ2n) is 1.36. The first-order chi connectivity index (χ1) is 4.22. The maximum absolute atomic E-state index is 9.97. The number of nitrogens with zero attached hydrogens (tertiary/aromatic N) is 2. The molecule has 1 N–H and O–H groups in total. The molecule has 48 valence electrons. The Morgan fingerprint density at radius 2 is 2.56 bits per heavy atom. The molecule has 1 aromatic rings. The predicted octanol–water partition coefficient (Wildman–Crippen LogP) is 0.607. The zero-order valence-electron chi connectivity index (χ0n) is 4.24. The van der Waals surface area contributed by atoms with E-state index in [0.717, 1.165) is 0 Å². The van der Waals surface area contributed by atoms with Gasteiger partial charge in [0.05, 0.1) is 6.20 Å². The van der Waals surface area contributed by atoms with Gasteiger partial charge in [-0.1, -0.05) is 5.10 Å². The number of hydrogen-bond acceptors (Lipinski definition) is 4. The SMILES string of the molecule is O=[N+]([O-])c1[nH]ncc1S. The van der Waals surface area contributed by atoms with Crippen LogP contribution in [0.25, 0.3) is 0 Å². The highest BCUT2D eigenvalue weighted by molar-refractivity contribution is 7.80. The molecule has 0 aliphatic rings. The summed E-state index contributed by atoms with van der Waals surface area (Å²) in [6.45, 7) is 0. The highest BCUT2D eigenvalue weighted by atomic mass is 32.1. The fourth-order valence-corrected chi connectivity index (χ4v) is 0.597. The van der Waals surface area contributed by atoms with Gasteiger partial charge in [-0.25, -0.2) is 0 Å². The molecule has 0 aromatic carbocycles. The summed E-state index contributed by atoms with van der Waals surface area (Å²) < 4.78 is 0. The van der Waals surface area contributed by atoms with Crippen molar-refractivity contribution in [1.82, 2.24) is 10.2 Å². The summed E-state index contributed by atoms with van der Waals surface area (Å²) >= 11 is 3.75. The van der Waals surface area contributed by atoms with Gasteiger partial charge in [0.15, 0.2) is 0 Å². The lowest BCUT2D eigenvalue weighted by atomic mass is 10.6.